The second-order valence-corrected chi connectivity index (χ2v) is 13.4. The second-order valence-electron chi connectivity index (χ2n) is 13.4. The molecule has 0 aliphatic rings. The van der Waals surface area contributed by atoms with E-state index in [1.807, 2.05) is 0 Å². The lowest BCUT2D eigenvalue weighted by atomic mass is 10.1. The van der Waals surface area contributed by atoms with Gasteiger partial charge in [0, 0.05) is 12.8 Å². The Morgan fingerprint density at radius 3 is 1.31 bits per heavy atom. The number of ether oxygens (including phenoxy) is 2. The third-order valence-electron chi connectivity index (χ3n) is 8.60. The third kappa shape index (κ3) is 36.7. The summed E-state index contributed by atoms with van der Waals surface area (Å²) in [6.45, 7) is 4.08. The van der Waals surface area contributed by atoms with Gasteiger partial charge < -0.3 is 14.6 Å². The molecule has 1 N–H and O–H groups in total. The molecule has 0 rings (SSSR count). The zero-order valence-corrected chi connectivity index (χ0v) is 31.5. The number of allylic oxidation sites excluding steroid dienone is 8. The Balaban J connectivity index is 3.61. The van der Waals surface area contributed by atoms with Crippen LogP contribution in [0.1, 0.15) is 194 Å². The Hall–Kier alpha value is -2.14. The number of rotatable bonds is 36. The molecule has 0 saturated heterocycles. The van der Waals surface area contributed by atoms with E-state index in [1.165, 1.54) is 103 Å². The van der Waals surface area contributed by atoms with Gasteiger partial charge in [0.15, 0.2) is 6.10 Å². The summed E-state index contributed by atoms with van der Waals surface area (Å²) < 4.78 is 10.6. The maximum absolute atomic E-state index is 12.2. The smallest absolute Gasteiger partial charge is 0.306 e. The van der Waals surface area contributed by atoms with Crippen molar-refractivity contribution in [3.05, 3.63) is 48.6 Å². The van der Waals surface area contributed by atoms with Gasteiger partial charge in [0.2, 0.25) is 0 Å². The van der Waals surface area contributed by atoms with Crippen molar-refractivity contribution in [3.8, 4) is 0 Å². The molecule has 0 radical (unpaired) electrons. The molecule has 5 heteroatoms. The summed E-state index contributed by atoms with van der Waals surface area (Å²) in [5.74, 6) is -0.621. The molecule has 0 amide bonds. The molecule has 0 aliphatic heterocycles. The van der Waals surface area contributed by atoms with Gasteiger partial charge in [-0.25, -0.2) is 0 Å². The van der Waals surface area contributed by atoms with Crippen molar-refractivity contribution < 1.29 is 24.2 Å². The molecule has 0 bridgehead atoms. The Kier molecular flexibility index (Phi) is 37.5. The molecule has 0 saturated carbocycles. The molecule has 0 heterocycles. The monoisotopic (exact) mass is 673 g/mol. The molecule has 0 aliphatic carbocycles. The zero-order chi connectivity index (χ0) is 35.0. The fourth-order valence-electron chi connectivity index (χ4n) is 5.50. The summed E-state index contributed by atoms with van der Waals surface area (Å²) in [5, 5.41) is 9.55. The van der Waals surface area contributed by atoms with E-state index in [0.717, 1.165) is 64.2 Å². The second kappa shape index (κ2) is 39.3. The molecule has 0 spiro atoms. The number of carbonyl (C=O) groups is 2. The van der Waals surface area contributed by atoms with Crippen LogP contribution in [0.25, 0.3) is 0 Å². The fourth-order valence-corrected chi connectivity index (χ4v) is 5.50. The van der Waals surface area contributed by atoms with Crippen LogP contribution in [-0.4, -0.2) is 36.4 Å². The number of aliphatic hydroxyl groups excluding tert-OH is 1. The van der Waals surface area contributed by atoms with E-state index in [9.17, 15) is 14.7 Å². The average Bonchev–Trinajstić information content (AvgIpc) is 3.09. The van der Waals surface area contributed by atoms with Crippen molar-refractivity contribution in [3.63, 3.8) is 0 Å². The summed E-state index contributed by atoms with van der Waals surface area (Å²) in [7, 11) is 0. The highest BCUT2D eigenvalue weighted by Gasteiger charge is 2.16. The Morgan fingerprint density at radius 2 is 0.833 bits per heavy atom. The molecule has 278 valence electrons. The molecule has 0 aromatic carbocycles. The molecule has 0 unspecified atom stereocenters. The SMILES string of the molecule is CCCCCC=CCC=CCC=CCCCCCCC(=O)O[C@@H](CO)COC(=O)CCCCCCCCCC=CCCCCCCCC. The first-order valence-electron chi connectivity index (χ1n) is 20.2. The van der Waals surface area contributed by atoms with Crippen LogP contribution >= 0.6 is 0 Å². The number of hydrogen-bond donors (Lipinski definition) is 1. The van der Waals surface area contributed by atoms with Gasteiger partial charge >= 0.3 is 11.9 Å². The van der Waals surface area contributed by atoms with Crippen LogP contribution in [0, 0.1) is 0 Å². The van der Waals surface area contributed by atoms with Crippen molar-refractivity contribution in [2.75, 3.05) is 13.2 Å². The topological polar surface area (TPSA) is 72.8 Å². The predicted molar refractivity (Wildman–Crippen MR) is 205 cm³/mol. The molecular formula is C43H76O5. The minimum absolute atomic E-state index is 0.0776. The first-order valence-corrected chi connectivity index (χ1v) is 20.2. The van der Waals surface area contributed by atoms with Gasteiger partial charge in [0.05, 0.1) is 6.61 Å². The third-order valence-corrected chi connectivity index (χ3v) is 8.60. The van der Waals surface area contributed by atoms with Gasteiger partial charge in [-0.3, -0.25) is 9.59 Å². The minimum Gasteiger partial charge on any atom is -0.462 e. The van der Waals surface area contributed by atoms with E-state index in [1.54, 1.807) is 0 Å². The molecule has 5 nitrogen and oxygen atoms in total. The van der Waals surface area contributed by atoms with Crippen molar-refractivity contribution in [1.29, 1.82) is 0 Å². The highest BCUT2D eigenvalue weighted by Crippen LogP contribution is 2.12. The van der Waals surface area contributed by atoms with Crippen molar-refractivity contribution >= 4 is 11.9 Å². The van der Waals surface area contributed by atoms with E-state index >= 15 is 0 Å². The van der Waals surface area contributed by atoms with Gasteiger partial charge in [-0.15, -0.1) is 0 Å². The standard InChI is InChI=1S/C43H76O5/c1-3-5-7-9-11-13-15-17-19-21-23-25-27-29-31-33-35-37-42(45)47-40-41(39-44)48-43(46)38-36-34-32-30-28-26-24-22-20-18-16-14-12-10-8-6-4-2/h12,14,17-20,24,26,41,44H,3-11,13,15-16,21-23,25,27-40H2,1-2H3/t41-/m0/s1. The van der Waals surface area contributed by atoms with E-state index < -0.39 is 6.10 Å². The average molecular weight is 673 g/mol. The lowest BCUT2D eigenvalue weighted by molar-refractivity contribution is -0.161. The largest absolute Gasteiger partial charge is 0.462 e. The van der Waals surface area contributed by atoms with Gasteiger partial charge in [0.1, 0.15) is 6.61 Å². The molecule has 1 atom stereocenters. The Labute approximate surface area is 297 Å². The first-order chi connectivity index (χ1) is 23.6. The minimum atomic E-state index is -0.784. The van der Waals surface area contributed by atoms with Gasteiger partial charge in [-0.05, 0) is 77.0 Å². The fraction of sp³-hybridized carbons (Fsp3) is 0.767. The van der Waals surface area contributed by atoms with Crippen molar-refractivity contribution in [2.45, 2.75) is 200 Å². The lowest BCUT2D eigenvalue weighted by Gasteiger charge is -2.15. The first kappa shape index (κ1) is 45.9. The summed E-state index contributed by atoms with van der Waals surface area (Å²) in [6.07, 6.45) is 48.8. The molecular weight excluding hydrogens is 596 g/mol. The summed E-state index contributed by atoms with van der Waals surface area (Å²) in [4.78, 5) is 24.3. The van der Waals surface area contributed by atoms with Crippen LogP contribution in [-0.2, 0) is 19.1 Å². The van der Waals surface area contributed by atoms with Gasteiger partial charge in [-0.2, -0.15) is 0 Å². The summed E-state index contributed by atoms with van der Waals surface area (Å²) in [6, 6.07) is 0. The highest BCUT2D eigenvalue weighted by molar-refractivity contribution is 5.70. The Morgan fingerprint density at radius 1 is 0.479 bits per heavy atom. The predicted octanol–water partition coefficient (Wildman–Crippen LogP) is 12.6. The zero-order valence-electron chi connectivity index (χ0n) is 31.5. The molecule has 48 heavy (non-hydrogen) atoms. The van der Waals surface area contributed by atoms with E-state index in [-0.39, 0.29) is 25.2 Å². The van der Waals surface area contributed by atoms with Crippen LogP contribution in [0.2, 0.25) is 0 Å². The van der Waals surface area contributed by atoms with Crippen LogP contribution in [0.3, 0.4) is 0 Å². The molecule has 0 aromatic rings. The van der Waals surface area contributed by atoms with Gasteiger partial charge in [0.25, 0.3) is 0 Å². The summed E-state index contributed by atoms with van der Waals surface area (Å²) >= 11 is 0. The van der Waals surface area contributed by atoms with Crippen molar-refractivity contribution in [1.82, 2.24) is 0 Å². The van der Waals surface area contributed by atoms with Crippen LogP contribution in [0.4, 0.5) is 0 Å². The quantitative estimate of drug-likeness (QED) is 0.0407. The molecule has 0 fully saturated rings. The number of esters is 2. The number of hydrogen-bond acceptors (Lipinski definition) is 5. The maximum atomic E-state index is 12.2. The number of aliphatic hydroxyl groups is 1. The normalized spacial score (nSPS) is 12.6. The van der Waals surface area contributed by atoms with Crippen LogP contribution in [0.15, 0.2) is 48.6 Å². The molecule has 0 aromatic heterocycles. The van der Waals surface area contributed by atoms with E-state index in [0.29, 0.717) is 12.8 Å². The number of unbranched alkanes of at least 4 members (excludes halogenated alkanes) is 20. The van der Waals surface area contributed by atoms with Crippen LogP contribution < -0.4 is 0 Å². The number of carbonyl (C=O) groups excluding carboxylic acids is 2. The van der Waals surface area contributed by atoms with E-state index in [2.05, 4.69) is 62.5 Å². The maximum Gasteiger partial charge on any atom is 0.306 e. The van der Waals surface area contributed by atoms with Gasteiger partial charge in [-0.1, -0.05) is 152 Å². The summed E-state index contributed by atoms with van der Waals surface area (Å²) in [5.41, 5.74) is 0. The Bertz CT molecular complexity index is 812. The lowest BCUT2D eigenvalue weighted by Crippen LogP contribution is -2.28. The van der Waals surface area contributed by atoms with Crippen LogP contribution in [0.5, 0.6) is 0 Å². The van der Waals surface area contributed by atoms with E-state index in [4.69, 9.17) is 9.47 Å². The highest BCUT2D eigenvalue weighted by atomic mass is 16.6. The van der Waals surface area contributed by atoms with Crippen molar-refractivity contribution in [2.24, 2.45) is 0 Å².